The van der Waals surface area contributed by atoms with Gasteiger partial charge in [-0.05, 0) is 55.6 Å². The van der Waals surface area contributed by atoms with Crippen molar-refractivity contribution < 1.29 is 10.2 Å². The zero-order valence-electron chi connectivity index (χ0n) is 21.4. The van der Waals surface area contributed by atoms with Crippen LogP contribution in [0.4, 0.5) is 0 Å². The topological polar surface area (TPSA) is 40.5 Å². The first-order valence-electron chi connectivity index (χ1n) is 11.4. The second-order valence-corrected chi connectivity index (χ2v) is 11.6. The molecule has 0 spiro atoms. The highest BCUT2D eigenvalue weighted by molar-refractivity contribution is 5.56. The molecule has 0 saturated carbocycles. The van der Waals surface area contributed by atoms with Gasteiger partial charge in [-0.2, -0.15) is 0 Å². The summed E-state index contributed by atoms with van der Waals surface area (Å²) in [7, 11) is 0. The quantitative estimate of drug-likeness (QED) is 0.489. The van der Waals surface area contributed by atoms with Gasteiger partial charge in [-0.25, -0.2) is 0 Å². The molecular formula is C29H42O2. The predicted molar refractivity (Wildman–Crippen MR) is 134 cm³/mol. The van der Waals surface area contributed by atoms with E-state index in [1.165, 1.54) is 5.57 Å². The Hall–Kier alpha value is -2.22. The van der Waals surface area contributed by atoms with Crippen LogP contribution in [0.3, 0.4) is 0 Å². The molecule has 0 amide bonds. The first-order chi connectivity index (χ1) is 14.0. The van der Waals surface area contributed by atoms with Crippen LogP contribution in [0.5, 0.6) is 11.5 Å². The van der Waals surface area contributed by atoms with Crippen LogP contribution in [0.2, 0.25) is 0 Å². The smallest absolute Gasteiger partial charge is 0.123 e. The maximum Gasteiger partial charge on any atom is 0.123 e. The lowest BCUT2D eigenvalue weighted by Gasteiger charge is -2.31. The molecule has 1 unspecified atom stereocenters. The van der Waals surface area contributed by atoms with E-state index < -0.39 is 0 Å². The molecule has 0 aliphatic carbocycles. The lowest BCUT2D eigenvalue weighted by atomic mass is 9.74. The SMILES string of the molecule is CC(C)=CC(C)C(c1cc(C)cc(C(C)(C)C)c1O)c1cc(C)cc(C(C)(C)C)c1O. The molecule has 2 aromatic carbocycles. The Bertz CT molecular complexity index is 908. The maximum absolute atomic E-state index is 11.5. The molecule has 170 valence electrons. The molecule has 31 heavy (non-hydrogen) atoms. The second kappa shape index (κ2) is 8.73. The summed E-state index contributed by atoms with van der Waals surface area (Å²) in [4.78, 5) is 0. The van der Waals surface area contributed by atoms with Crippen LogP contribution in [0, 0.1) is 19.8 Å². The molecule has 0 saturated heterocycles. The summed E-state index contributed by atoms with van der Waals surface area (Å²) in [5.41, 5.74) is 6.77. The van der Waals surface area contributed by atoms with Gasteiger partial charge in [-0.15, -0.1) is 0 Å². The molecule has 2 aromatic rings. The normalized spacial score (nSPS) is 13.4. The lowest BCUT2D eigenvalue weighted by molar-refractivity contribution is 0.418. The molecule has 0 fully saturated rings. The van der Waals surface area contributed by atoms with Crippen molar-refractivity contribution in [2.24, 2.45) is 5.92 Å². The molecule has 0 aromatic heterocycles. The molecule has 0 aliphatic heterocycles. The van der Waals surface area contributed by atoms with Gasteiger partial charge in [0, 0.05) is 17.0 Å². The van der Waals surface area contributed by atoms with Crippen LogP contribution in [0.15, 0.2) is 35.9 Å². The number of hydrogen-bond donors (Lipinski definition) is 2. The van der Waals surface area contributed by atoms with Crippen LogP contribution in [-0.4, -0.2) is 10.2 Å². The van der Waals surface area contributed by atoms with E-state index in [2.05, 4.69) is 107 Å². The largest absolute Gasteiger partial charge is 0.507 e. The number of phenols is 2. The Morgan fingerprint density at radius 1 is 0.742 bits per heavy atom. The third-order valence-corrected chi connectivity index (χ3v) is 5.98. The molecule has 2 heteroatoms. The molecule has 1 atom stereocenters. The fourth-order valence-electron chi connectivity index (χ4n) is 4.59. The van der Waals surface area contributed by atoms with E-state index in [0.717, 1.165) is 33.4 Å². The number of rotatable bonds is 4. The van der Waals surface area contributed by atoms with Gasteiger partial charge in [0.1, 0.15) is 11.5 Å². The van der Waals surface area contributed by atoms with Crippen molar-refractivity contribution in [2.75, 3.05) is 0 Å². The third-order valence-electron chi connectivity index (χ3n) is 5.98. The fraction of sp³-hybridized carbons (Fsp3) is 0.517. The number of phenolic OH excluding ortho intramolecular Hbond substituents is 2. The Kier molecular flexibility index (Phi) is 7.05. The molecule has 2 nitrogen and oxygen atoms in total. The molecule has 0 heterocycles. The summed E-state index contributed by atoms with van der Waals surface area (Å²) < 4.78 is 0. The van der Waals surface area contributed by atoms with Crippen LogP contribution in [-0.2, 0) is 10.8 Å². The fourth-order valence-corrected chi connectivity index (χ4v) is 4.59. The van der Waals surface area contributed by atoms with E-state index in [0.29, 0.717) is 11.5 Å². The van der Waals surface area contributed by atoms with Gasteiger partial charge in [-0.3, -0.25) is 0 Å². The highest BCUT2D eigenvalue weighted by Gasteiger charge is 2.31. The van der Waals surface area contributed by atoms with Gasteiger partial charge >= 0.3 is 0 Å². The van der Waals surface area contributed by atoms with E-state index in [4.69, 9.17) is 0 Å². The first kappa shape index (κ1) is 25.0. The summed E-state index contributed by atoms with van der Waals surface area (Å²) in [5, 5.41) is 22.9. The maximum atomic E-state index is 11.5. The van der Waals surface area contributed by atoms with Crippen molar-refractivity contribution in [3.8, 4) is 11.5 Å². The van der Waals surface area contributed by atoms with E-state index in [-0.39, 0.29) is 22.7 Å². The summed E-state index contributed by atoms with van der Waals surface area (Å²) in [6.45, 7) is 23.3. The van der Waals surface area contributed by atoms with Crippen molar-refractivity contribution in [3.63, 3.8) is 0 Å². The number of hydrogen-bond acceptors (Lipinski definition) is 2. The molecule has 0 radical (unpaired) electrons. The van der Waals surface area contributed by atoms with Crippen LogP contribution in [0.1, 0.15) is 102 Å². The summed E-state index contributed by atoms with van der Waals surface area (Å²) in [6, 6.07) is 8.34. The lowest BCUT2D eigenvalue weighted by Crippen LogP contribution is -2.18. The zero-order valence-corrected chi connectivity index (χ0v) is 21.4. The van der Waals surface area contributed by atoms with Gasteiger partial charge in [-0.1, -0.05) is 95.5 Å². The average molecular weight is 423 g/mol. The summed E-state index contributed by atoms with van der Waals surface area (Å²) in [5.74, 6) is 0.633. The van der Waals surface area contributed by atoms with E-state index in [1.54, 1.807) is 0 Å². The second-order valence-electron chi connectivity index (χ2n) is 11.6. The number of aromatic hydroxyl groups is 2. The van der Waals surface area contributed by atoms with Gasteiger partial charge in [0.05, 0.1) is 0 Å². The van der Waals surface area contributed by atoms with E-state index in [9.17, 15) is 10.2 Å². The Labute approximate surface area is 190 Å². The van der Waals surface area contributed by atoms with Gasteiger partial charge in [0.25, 0.3) is 0 Å². The zero-order chi connectivity index (χ0) is 23.9. The minimum Gasteiger partial charge on any atom is -0.507 e. The van der Waals surface area contributed by atoms with Gasteiger partial charge in [0.2, 0.25) is 0 Å². The molecule has 0 aliphatic rings. The van der Waals surface area contributed by atoms with Gasteiger partial charge < -0.3 is 10.2 Å². The summed E-state index contributed by atoms with van der Waals surface area (Å²) >= 11 is 0. The van der Waals surface area contributed by atoms with Crippen molar-refractivity contribution in [1.29, 1.82) is 0 Å². The Morgan fingerprint density at radius 3 is 1.39 bits per heavy atom. The number of benzene rings is 2. The monoisotopic (exact) mass is 422 g/mol. The predicted octanol–water partition coefficient (Wildman–Crippen LogP) is 8.04. The number of aryl methyl sites for hydroxylation is 2. The first-order valence-corrected chi connectivity index (χ1v) is 11.4. The van der Waals surface area contributed by atoms with Crippen molar-refractivity contribution in [3.05, 3.63) is 69.3 Å². The van der Waals surface area contributed by atoms with E-state index >= 15 is 0 Å². The van der Waals surface area contributed by atoms with Crippen molar-refractivity contribution >= 4 is 0 Å². The highest BCUT2D eigenvalue weighted by atomic mass is 16.3. The molecule has 0 bridgehead atoms. The standard InChI is InChI=1S/C29H42O2/c1-17(2)12-20(5)25(21-13-18(3)15-23(26(21)30)28(6,7)8)22-14-19(4)16-24(27(22)31)29(9,10)11/h12-16,20,25,30-31H,1-11H3. The van der Waals surface area contributed by atoms with Crippen LogP contribution < -0.4 is 0 Å². The third kappa shape index (κ3) is 5.53. The molecular weight excluding hydrogens is 380 g/mol. The van der Waals surface area contributed by atoms with Crippen LogP contribution in [0.25, 0.3) is 0 Å². The van der Waals surface area contributed by atoms with Gasteiger partial charge in [0.15, 0.2) is 0 Å². The minimum atomic E-state index is -0.180. The Balaban J connectivity index is 2.93. The number of allylic oxidation sites excluding steroid dienone is 2. The Morgan fingerprint density at radius 2 is 1.10 bits per heavy atom. The molecule has 2 rings (SSSR count). The van der Waals surface area contributed by atoms with Crippen molar-refractivity contribution in [2.45, 2.75) is 92.9 Å². The highest BCUT2D eigenvalue weighted by Crippen LogP contribution is 2.47. The molecule has 2 N–H and O–H groups in total. The summed E-state index contributed by atoms with van der Waals surface area (Å²) in [6.07, 6.45) is 2.24. The average Bonchev–Trinajstić information content (AvgIpc) is 2.57. The van der Waals surface area contributed by atoms with Crippen LogP contribution >= 0.6 is 0 Å². The van der Waals surface area contributed by atoms with Crippen molar-refractivity contribution in [1.82, 2.24) is 0 Å². The minimum absolute atomic E-state index is 0.103. The van der Waals surface area contributed by atoms with E-state index in [1.807, 2.05) is 0 Å².